The molecule has 18 heavy (non-hydrogen) atoms. The Kier molecular flexibility index (Phi) is 3.18. The highest BCUT2D eigenvalue weighted by molar-refractivity contribution is 5.95. The van der Waals surface area contributed by atoms with Gasteiger partial charge in [0.1, 0.15) is 17.4 Å². The van der Waals surface area contributed by atoms with Crippen molar-refractivity contribution in [2.45, 2.75) is 6.92 Å². The van der Waals surface area contributed by atoms with Crippen LogP contribution in [0.15, 0.2) is 30.6 Å². The smallest absolute Gasteiger partial charge is 0.249 e. The van der Waals surface area contributed by atoms with Gasteiger partial charge < -0.3 is 10.5 Å². The van der Waals surface area contributed by atoms with Gasteiger partial charge in [-0.1, -0.05) is 6.07 Å². The summed E-state index contributed by atoms with van der Waals surface area (Å²) in [5, 5.41) is 7.36. The van der Waals surface area contributed by atoms with Crippen molar-refractivity contribution in [2.24, 2.45) is 5.73 Å². The SMILES string of the molecule is Cc1ccc(F)cc1Oc1nccnc1C(=N)N. The maximum Gasteiger partial charge on any atom is 0.249 e. The molecule has 3 N–H and O–H groups in total. The van der Waals surface area contributed by atoms with E-state index in [4.69, 9.17) is 15.9 Å². The van der Waals surface area contributed by atoms with Crippen molar-refractivity contribution in [3.05, 3.63) is 47.7 Å². The van der Waals surface area contributed by atoms with E-state index >= 15 is 0 Å². The number of ether oxygens (including phenoxy) is 1. The van der Waals surface area contributed by atoms with E-state index in [1.807, 2.05) is 0 Å². The second-order valence-corrected chi connectivity index (χ2v) is 3.64. The molecule has 0 aliphatic heterocycles. The van der Waals surface area contributed by atoms with Crippen molar-refractivity contribution < 1.29 is 9.13 Å². The van der Waals surface area contributed by atoms with E-state index in [2.05, 4.69) is 9.97 Å². The average molecular weight is 246 g/mol. The molecule has 1 aromatic carbocycles. The Morgan fingerprint density at radius 1 is 1.33 bits per heavy atom. The third-order valence-corrected chi connectivity index (χ3v) is 2.28. The molecule has 0 bridgehead atoms. The van der Waals surface area contributed by atoms with Gasteiger partial charge in [-0.3, -0.25) is 5.41 Å². The normalized spacial score (nSPS) is 10.1. The lowest BCUT2D eigenvalue weighted by Crippen LogP contribution is -2.15. The third-order valence-electron chi connectivity index (χ3n) is 2.28. The topological polar surface area (TPSA) is 84.9 Å². The average Bonchev–Trinajstić information content (AvgIpc) is 2.34. The van der Waals surface area contributed by atoms with Gasteiger partial charge in [0.25, 0.3) is 0 Å². The molecule has 5 nitrogen and oxygen atoms in total. The summed E-state index contributed by atoms with van der Waals surface area (Å²) in [4.78, 5) is 7.83. The Balaban J connectivity index is 2.40. The van der Waals surface area contributed by atoms with Crippen molar-refractivity contribution in [2.75, 3.05) is 0 Å². The first kappa shape index (κ1) is 12.0. The van der Waals surface area contributed by atoms with Crippen LogP contribution in [0.3, 0.4) is 0 Å². The van der Waals surface area contributed by atoms with Crippen molar-refractivity contribution >= 4 is 5.84 Å². The third kappa shape index (κ3) is 2.42. The summed E-state index contributed by atoms with van der Waals surface area (Å²) in [5.41, 5.74) is 6.24. The van der Waals surface area contributed by atoms with Gasteiger partial charge >= 0.3 is 0 Å². The van der Waals surface area contributed by atoms with Crippen LogP contribution in [0.4, 0.5) is 4.39 Å². The van der Waals surface area contributed by atoms with E-state index in [1.165, 1.54) is 24.5 Å². The molecule has 0 atom stereocenters. The van der Waals surface area contributed by atoms with Gasteiger partial charge in [-0.2, -0.15) is 0 Å². The summed E-state index contributed by atoms with van der Waals surface area (Å²) in [6.45, 7) is 1.78. The lowest BCUT2D eigenvalue weighted by molar-refractivity contribution is 0.450. The molecular weight excluding hydrogens is 235 g/mol. The molecule has 6 heteroatoms. The number of nitrogen functional groups attached to an aromatic ring is 1. The molecule has 0 saturated carbocycles. The standard InChI is InChI=1S/C12H11FN4O/c1-7-2-3-8(13)6-9(7)18-12-10(11(14)15)16-4-5-17-12/h2-6H,1H3,(H3,14,15). The number of nitrogens with zero attached hydrogens (tertiary/aromatic N) is 2. The lowest BCUT2D eigenvalue weighted by atomic mass is 10.2. The summed E-state index contributed by atoms with van der Waals surface area (Å²) < 4.78 is 18.6. The fourth-order valence-corrected chi connectivity index (χ4v) is 1.37. The van der Waals surface area contributed by atoms with Gasteiger partial charge in [-0.25, -0.2) is 14.4 Å². The molecule has 0 aliphatic rings. The molecule has 92 valence electrons. The molecule has 0 radical (unpaired) electrons. The van der Waals surface area contributed by atoms with Gasteiger partial charge in [-0.05, 0) is 18.6 Å². The predicted molar refractivity (Wildman–Crippen MR) is 64.3 cm³/mol. The van der Waals surface area contributed by atoms with Gasteiger partial charge in [-0.15, -0.1) is 0 Å². The van der Waals surface area contributed by atoms with Gasteiger partial charge in [0.2, 0.25) is 5.88 Å². The van der Waals surface area contributed by atoms with Gasteiger partial charge in [0.05, 0.1) is 0 Å². The van der Waals surface area contributed by atoms with Crippen molar-refractivity contribution in [3.8, 4) is 11.6 Å². The summed E-state index contributed by atoms with van der Waals surface area (Å²) in [7, 11) is 0. The van der Waals surface area contributed by atoms with E-state index in [1.54, 1.807) is 13.0 Å². The highest BCUT2D eigenvalue weighted by atomic mass is 19.1. The zero-order valence-corrected chi connectivity index (χ0v) is 9.64. The fourth-order valence-electron chi connectivity index (χ4n) is 1.37. The maximum absolute atomic E-state index is 13.1. The van der Waals surface area contributed by atoms with E-state index in [9.17, 15) is 4.39 Å². The summed E-state index contributed by atoms with van der Waals surface area (Å²) in [6.07, 6.45) is 2.82. The maximum atomic E-state index is 13.1. The van der Waals surface area contributed by atoms with E-state index in [0.29, 0.717) is 5.75 Å². The van der Waals surface area contributed by atoms with Crippen LogP contribution in [0.5, 0.6) is 11.6 Å². The zero-order chi connectivity index (χ0) is 13.1. The highest BCUT2D eigenvalue weighted by Gasteiger charge is 2.12. The molecular formula is C12H11FN4O. The highest BCUT2D eigenvalue weighted by Crippen LogP contribution is 2.25. The quantitative estimate of drug-likeness (QED) is 0.640. The molecule has 2 rings (SSSR count). The van der Waals surface area contributed by atoms with Crippen LogP contribution in [0, 0.1) is 18.2 Å². The number of amidine groups is 1. The van der Waals surface area contributed by atoms with Crippen LogP contribution >= 0.6 is 0 Å². The van der Waals surface area contributed by atoms with Crippen LogP contribution in [0.1, 0.15) is 11.3 Å². The van der Waals surface area contributed by atoms with Crippen LogP contribution in [0.2, 0.25) is 0 Å². The van der Waals surface area contributed by atoms with Gasteiger partial charge in [0, 0.05) is 18.5 Å². The summed E-state index contributed by atoms with van der Waals surface area (Å²) in [5.74, 6) is -0.271. The Morgan fingerprint density at radius 2 is 2.06 bits per heavy atom. The van der Waals surface area contributed by atoms with Crippen molar-refractivity contribution in [3.63, 3.8) is 0 Å². The van der Waals surface area contributed by atoms with Crippen LogP contribution in [0.25, 0.3) is 0 Å². The molecule has 0 aliphatic carbocycles. The molecule has 0 amide bonds. The number of nitrogens with one attached hydrogen (secondary N) is 1. The van der Waals surface area contributed by atoms with Crippen LogP contribution in [-0.4, -0.2) is 15.8 Å². The Bertz CT molecular complexity index is 600. The Morgan fingerprint density at radius 3 is 2.78 bits per heavy atom. The Hall–Kier alpha value is -2.50. The largest absolute Gasteiger partial charge is 0.437 e. The number of hydrogen-bond donors (Lipinski definition) is 2. The number of aromatic nitrogens is 2. The van der Waals surface area contributed by atoms with Gasteiger partial charge in [0.15, 0.2) is 5.69 Å². The predicted octanol–water partition coefficient (Wildman–Crippen LogP) is 2.00. The minimum Gasteiger partial charge on any atom is -0.437 e. The summed E-state index contributed by atoms with van der Waals surface area (Å²) >= 11 is 0. The lowest BCUT2D eigenvalue weighted by Gasteiger charge is -2.09. The van der Waals surface area contributed by atoms with Crippen molar-refractivity contribution in [1.82, 2.24) is 9.97 Å². The number of hydrogen-bond acceptors (Lipinski definition) is 4. The first-order valence-electron chi connectivity index (χ1n) is 5.17. The Labute approximate surface area is 103 Å². The first-order valence-corrected chi connectivity index (χ1v) is 5.17. The van der Waals surface area contributed by atoms with Crippen molar-refractivity contribution in [1.29, 1.82) is 5.41 Å². The monoisotopic (exact) mass is 246 g/mol. The van der Waals surface area contributed by atoms with Crippen LogP contribution < -0.4 is 10.5 Å². The molecule has 2 aromatic rings. The molecule has 0 saturated heterocycles. The van der Waals surface area contributed by atoms with Crippen LogP contribution in [-0.2, 0) is 0 Å². The number of rotatable bonds is 3. The number of benzene rings is 1. The molecule has 1 aromatic heterocycles. The minimum atomic E-state index is -0.413. The second kappa shape index (κ2) is 4.79. The summed E-state index contributed by atoms with van der Waals surface area (Å²) in [6, 6.07) is 4.17. The van der Waals surface area contributed by atoms with E-state index in [-0.39, 0.29) is 17.4 Å². The minimum absolute atomic E-state index is 0.0821. The number of aryl methyl sites for hydroxylation is 1. The molecule has 0 fully saturated rings. The van der Waals surface area contributed by atoms with E-state index < -0.39 is 5.82 Å². The van der Waals surface area contributed by atoms with E-state index in [0.717, 1.165) is 5.56 Å². The number of halogens is 1. The zero-order valence-electron chi connectivity index (χ0n) is 9.64. The second-order valence-electron chi connectivity index (χ2n) is 3.64. The first-order chi connectivity index (χ1) is 8.58. The fraction of sp³-hybridized carbons (Fsp3) is 0.0833. The number of nitrogens with two attached hydrogens (primary N) is 1. The molecule has 0 spiro atoms. The molecule has 0 unspecified atom stereocenters. The molecule has 1 heterocycles.